The maximum absolute atomic E-state index is 10.00. The summed E-state index contributed by atoms with van der Waals surface area (Å²) in [5, 5.41) is 76.5. The zero-order chi connectivity index (χ0) is 17.4. The van der Waals surface area contributed by atoms with E-state index in [2.05, 4.69) is 0 Å². The molecule has 11 nitrogen and oxygen atoms in total. The highest BCUT2D eigenvalue weighted by Gasteiger charge is 2.56. The topological polar surface area (TPSA) is 190 Å². The highest BCUT2D eigenvalue weighted by Crippen LogP contribution is 2.33. The average molecular weight is 342 g/mol. The summed E-state index contributed by atoms with van der Waals surface area (Å²) in [6.45, 7) is -2.32. The highest BCUT2D eigenvalue weighted by molar-refractivity contribution is 4.98. The van der Waals surface area contributed by atoms with Gasteiger partial charge in [0.1, 0.15) is 42.7 Å². The van der Waals surface area contributed by atoms with Crippen LogP contribution < -0.4 is 0 Å². The first-order chi connectivity index (χ1) is 10.8. The molecule has 0 aromatic heterocycles. The van der Waals surface area contributed by atoms with Crippen LogP contribution in [0, 0.1) is 0 Å². The molecule has 0 aliphatic carbocycles. The maximum Gasteiger partial charge on any atom is 0.219 e. The number of hydrogen-bond donors (Lipinski definition) is 8. The van der Waals surface area contributed by atoms with Crippen LogP contribution >= 0.6 is 0 Å². The molecule has 8 N–H and O–H groups in total. The van der Waals surface area contributed by atoms with E-state index in [9.17, 15) is 30.6 Å². The molecule has 2 saturated heterocycles. The summed E-state index contributed by atoms with van der Waals surface area (Å²) in [6.07, 6.45) is -12.2. The second kappa shape index (κ2) is 7.21. The van der Waals surface area contributed by atoms with Crippen LogP contribution in [0.5, 0.6) is 0 Å². The molecule has 2 aliphatic rings. The monoisotopic (exact) mass is 342 g/mol. The molecule has 2 rings (SSSR count). The molecule has 136 valence electrons. The third-order valence-corrected chi connectivity index (χ3v) is 4.04. The minimum Gasteiger partial charge on any atom is -0.394 e. The van der Waals surface area contributed by atoms with Gasteiger partial charge in [0.15, 0.2) is 6.29 Å². The van der Waals surface area contributed by atoms with Crippen molar-refractivity contribution in [2.75, 3.05) is 19.8 Å². The van der Waals surface area contributed by atoms with Crippen LogP contribution in [0.1, 0.15) is 0 Å². The molecule has 0 aromatic carbocycles. The fourth-order valence-electron chi connectivity index (χ4n) is 2.63. The first kappa shape index (κ1) is 18.9. The number of ether oxygens (including phenoxy) is 3. The van der Waals surface area contributed by atoms with E-state index in [-0.39, 0.29) is 0 Å². The number of hydrogen-bond acceptors (Lipinski definition) is 11. The lowest BCUT2D eigenvalue weighted by Crippen LogP contribution is -2.60. The van der Waals surface area contributed by atoms with Gasteiger partial charge in [-0.1, -0.05) is 0 Å². The van der Waals surface area contributed by atoms with E-state index in [1.54, 1.807) is 0 Å². The van der Waals surface area contributed by atoms with Crippen molar-refractivity contribution < 1.29 is 55.1 Å². The lowest BCUT2D eigenvalue weighted by molar-refractivity contribution is -0.318. The summed E-state index contributed by atoms with van der Waals surface area (Å²) in [7, 11) is 0. The quantitative estimate of drug-likeness (QED) is 0.238. The van der Waals surface area contributed by atoms with Crippen molar-refractivity contribution in [1.29, 1.82) is 0 Å². The Morgan fingerprint density at radius 3 is 2.00 bits per heavy atom. The lowest BCUT2D eigenvalue weighted by atomic mass is 9.99. The van der Waals surface area contributed by atoms with Gasteiger partial charge in [0.05, 0.1) is 19.8 Å². The van der Waals surface area contributed by atoms with Gasteiger partial charge in [-0.2, -0.15) is 0 Å². The highest BCUT2D eigenvalue weighted by atomic mass is 16.7. The third-order valence-electron chi connectivity index (χ3n) is 4.04. The summed E-state index contributed by atoms with van der Waals surface area (Å²) >= 11 is 0. The molecule has 2 heterocycles. The summed E-state index contributed by atoms with van der Waals surface area (Å²) < 4.78 is 15.3. The predicted molar refractivity (Wildman–Crippen MR) is 68.6 cm³/mol. The van der Waals surface area contributed by atoms with E-state index < -0.39 is 74.6 Å². The van der Waals surface area contributed by atoms with Crippen molar-refractivity contribution in [2.45, 2.75) is 54.8 Å². The first-order valence-corrected chi connectivity index (χ1v) is 7.05. The lowest BCUT2D eigenvalue weighted by Gasteiger charge is -2.41. The Bertz CT molecular complexity index is 393. The third kappa shape index (κ3) is 3.36. The standard InChI is InChI=1S/C12H22O11/c13-1-4-6(16)7(17)8(18)11(21-4)22-9-5(2-14)23-12(20,3-15)10(9)19/h4-11,13-20H,1-3H2/t4-,5-,6-,7+,8-,9+,10-,11+,12-/m0/s1. The molecule has 0 saturated carbocycles. The van der Waals surface area contributed by atoms with Crippen molar-refractivity contribution in [2.24, 2.45) is 0 Å². The van der Waals surface area contributed by atoms with Gasteiger partial charge in [-0.25, -0.2) is 0 Å². The van der Waals surface area contributed by atoms with Crippen molar-refractivity contribution in [1.82, 2.24) is 0 Å². The smallest absolute Gasteiger partial charge is 0.219 e. The Labute approximate surface area is 130 Å². The Morgan fingerprint density at radius 1 is 0.870 bits per heavy atom. The molecule has 0 unspecified atom stereocenters. The van der Waals surface area contributed by atoms with Gasteiger partial charge in [0.25, 0.3) is 0 Å². The molecule has 23 heavy (non-hydrogen) atoms. The first-order valence-electron chi connectivity index (χ1n) is 7.05. The van der Waals surface area contributed by atoms with Gasteiger partial charge in [-0.15, -0.1) is 0 Å². The molecular formula is C12H22O11. The summed E-state index contributed by atoms with van der Waals surface area (Å²) in [6, 6.07) is 0. The van der Waals surface area contributed by atoms with Gasteiger partial charge in [-0.3, -0.25) is 0 Å². The van der Waals surface area contributed by atoms with Crippen LogP contribution in [-0.4, -0.2) is 115 Å². The Hall–Kier alpha value is -0.440. The Morgan fingerprint density at radius 2 is 1.48 bits per heavy atom. The number of rotatable bonds is 5. The largest absolute Gasteiger partial charge is 0.394 e. The zero-order valence-corrected chi connectivity index (χ0v) is 12.0. The molecule has 2 fully saturated rings. The molecule has 2 aliphatic heterocycles. The van der Waals surface area contributed by atoms with Gasteiger partial charge >= 0.3 is 0 Å². The fourth-order valence-corrected chi connectivity index (χ4v) is 2.63. The fraction of sp³-hybridized carbons (Fsp3) is 1.00. The van der Waals surface area contributed by atoms with Gasteiger partial charge in [0, 0.05) is 0 Å². The normalized spacial score (nSPS) is 51.1. The minimum atomic E-state index is -2.37. The molecular weight excluding hydrogens is 320 g/mol. The van der Waals surface area contributed by atoms with Crippen molar-refractivity contribution in [3.63, 3.8) is 0 Å². The van der Waals surface area contributed by atoms with E-state index in [0.29, 0.717) is 0 Å². The summed E-state index contributed by atoms with van der Waals surface area (Å²) in [5.74, 6) is -2.37. The number of aliphatic hydroxyl groups excluding tert-OH is 7. The molecule has 11 heteroatoms. The van der Waals surface area contributed by atoms with Crippen LogP contribution in [0.15, 0.2) is 0 Å². The van der Waals surface area contributed by atoms with Crippen molar-refractivity contribution in [3.8, 4) is 0 Å². The van der Waals surface area contributed by atoms with E-state index in [0.717, 1.165) is 0 Å². The van der Waals surface area contributed by atoms with E-state index in [1.807, 2.05) is 0 Å². The molecule has 0 amide bonds. The average Bonchev–Trinajstić information content (AvgIpc) is 2.80. The van der Waals surface area contributed by atoms with Gasteiger partial charge in [-0.05, 0) is 0 Å². The van der Waals surface area contributed by atoms with Crippen LogP contribution in [0.2, 0.25) is 0 Å². The molecule has 0 aromatic rings. The van der Waals surface area contributed by atoms with Crippen LogP contribution in [0.25, 0.3) is 0 Å². The summed E-state index contributed by atoms with van der Waals surface area (Å²) in [4.78, 5) is 0. The van der Waals surface area contributed by atoms with Crippen LogP contribution in [0.4, 0.5) is 0 Å². The second-order valence-corrected chi connectivity index (χ2v) is 5.58. The van der Waals surface area contributed by atoms with Gasteiger partial charge < -0.3 is 55.1 Å². The minimum absolute atomic E-state index is 0.668. The zero-order valence-electron chi connectivity index (χ0n) is 12.0. The van der Waals surface area contributed by atoms with Gasteiger partial charge in [0.2, 0.25) is 5.79 Å². The SMILES string of the molecule is OC[C@@H]1O[C@H](O[C@@H]2[C@H](CO)O[C@@](O)(CO)[C@H]2O)[C@@H](O)[C@H](O)[C@H]1O. The maximum atomic E-state index is 10.00. The second-order valence-electron chi connectivity index (χ2n) is 5.58. The van der Waals surface area contributed by atoms with E-state index in [4.69, 9.17) is 24.4 Å². The molecule has 0 spiro atoms. The molecule has 9 atom stereocenters. The van der Waals surface area contributed by atoms with Crippen molar-refractivity contribution >= 4 is 0 Å². The summed E-state index contributed by atoms with van der Waals surface area (Å²) in [5.41, 5.74) is 0. The number of aliphatic hydroxyl groups is 8. The Balaban J connectivity index is 2.13. The Kier molecular flexibility index (Phi) is 5.92. The van der Waals surface area contributed by atoms with E-state index >= 15 is 0 Å². The van der Waals surface area contributed by atoms with Crippen LogP contribution in [-0.2, 0) is 14.2 Å². The molecule has 0 radical (unpaired) electrons. The predicted octanol–water partition coefficient (Wildman–Crippen LogP) is -5.40. The van der Waals surface area contributed by atoms with Crippen LogP contribution in [0.3, 0.4) is 0 Å². The molecule has 0 bridgehead atoms. The van der Waals surface area contributed by atoms with E-state index in [1.165, 1.54) is 0 Å². The van der Waals surface area contributed by atoms with Crippen molar-refractivity contribution in [3.05, 3.63) is 0 Å².